The van der Waals surface area contributed by atoms with Crippen LogP contribution >= 0.6 is 0 Å². The molecule has 3 rings (SSSR count). The molecule has 3 aromatic rings. The molecule has 6 nitrogen and oxygen atoms in total. The molecule has 154 valence electrons. The summed E-state index contributed by atoms with van der Waals surface area (Å²) in [6.45, 7) is 0.347. The first kappa shape index (κ1) is 21.1. The number of hydroxylamine groups is 1. The fraction of sp³-hybridized carbons (Fsp3) is 0.167. The van der Waals surface area contributed by atoms with E-state index in [1.807, 2.05) is 91.0 Å². The Morgan fingerprint density at radius 3 is 1.77 bits per heavy atom. The van der Waals surface area contributed by atoms with Gasteiger partial charge >= 0.3 is 6.09 Å². The van der Waals surface area contributed by atoms with Gasteiger partial charge in [-0.05, 0) is 16.7 Å². The lowest BCUT2D eigenvalue weighted by atomic mass is 10.1. The fourth-order valence-electron chi connectivity index (χ4n) is 2.80. The number of carbonyl (C=O) groups is 2. The van der Waals surface area contributed by atoms with Crippen LogP contribution in [0.25, 0.3) is 0 Å². The van der Waals surface area contributed by atoms with Crippen LogP contribution in [0.2, 0.25) is 0 Å². The first-order valence-electron chi connectivity index (χ1n) is 9.67. The summed E-state index contributed by atoms with van der Waals surface area (Å²) < 4.78 is 5.25. The van der Waals surface area contributed by atoms with Crippen LogP contribution in [0, 0.1) is 0 Å². The Hall–Kier alpha value is -3.64. The largest absolute Gasteiger partial charge is 0.445 e. The highest BCUT2D eigenvalue weighted by atomic mass is 16.7. The van der Waals surface area contributed by atoms with Crippen LogP contribution in [-0.4, -0.2) is 18.0 Å². The van der Waals surface area contributed by atoms with Crippen molar-refractivity contribution in [3.63, 3.8) is 0 Å². The lowest BCUT2D eigenvalue weighted by molar-refractivity contribution is -0.136. The molecule has 2 amide bonds. The van der Waals surface area contributed by atoms with Crippen molar-refractivity contribution in [2.24, 2.45) is 0 Å². The summed E-state index contributed by atoms with van der Waals surface area (Å²) in [6.07, 6.45) is -0.361. The molecule has 0 radical (unpaired) electrons. The van der Waals surface area contributed by atoms with Gasteiger partial charge in [0.05, 0.1) is 6.61 Å². The predicted molar refractivity (Wildman–Crippen MR) is 113 cm³/mol. The zero-order chi connectivity index (χ0) is 21.0. The van der Waals surface area contributed by atoms with E-state index in [1.165, 1.54) is 0 Å². The third-order valence-corrected chi connectivity index (χ3v) is 4.36. The Kier molecular flexibility index (Phi) is 8.00. The van der Waals surface area contributed by atoms with Gasteiger partial charge in [0.15, 0.2) is 0 Å². The van der Waals surface area contributed by atoms with Gasteiger partial charge in [0, 0.05) is 6.42 Å². The Labute approximate surface area is 175 Å². The van der Waals surface area contributed by atoms with Gasteiger partial charge in [-0.2, -0.15) is 0 Å². The number of rotatable bonds is 9. The van der Waals surface area contributed by atoms with Gasteiger partial charge in [-0.3, -0.25) is 9.63 Å². The van der Waals surface area contributed by atoms with E-state index in [-0.39, 0.29) is 13.2 Å². The van der Waals surface area contributed by atoms with Crippen LogP contribution < -0.4 is 10.8 Å². The number of benzene rings is 3. The third-order valence-electron chi connectivity index (χ3n) is 4.36. The summed E-state index contributed by atoms with van der Waals surface area (Å²) in [7, 11) is 0. The maximum absolute atomic E-state index is 12.6. The first-order chi connectivity index (χ1) is 14.7. The maximum Gasteiger partial charge on any atom is 0.408 e. The van der Waals surface area contributed by atoms with Crippen LogP contribution in [-0.2, 0) is 34.0 Å². The zero-order valence-electron chi connectivity index (χ0n) is 16.5. The van der Waals surface area contributed by atoms with Crippen LogP contribution in [0.5, 0.6) is 0 Å². The third kappa shape index (κ3) is 7.07. The molecule has 0 aliphatic carbocycles. The number of nitrogens with one attached hydrogen (secondary N) is 2. The van der Waals surface area contributed by atoms with E-state index in [0.29, 0.717) is 6.42 Å². The molecule has 2 N–H and O–H groups in total. The van der Waals surface area contributed by atoms with E-state index in [2.05, 4.69) is 10.8 Å². The van der Waals surface area contributed by atoms with Crippen molar-refractivity contribution in [3.05, 3.63) is 108 Å². The van der Waals surface area contributed by atoms with Crippen LogP contribution in [0.1, 0.15) is 16.7 Å². The number of carbonyl (C=O) groups excluding carboxylic acids is 2. The van der Waals surface area contributed by atoms with Crippen LogP contribution in [0.4, 0.5) is 4.79 Å². The molecule has 0 aliphatic heterocycles. The molecule has 1 unspecified atom stereocenters. The summed E-state index contributed by atoms with van der Waals surface area (Å²) in [6, 6.07) is 27.4. The summed E-state index contributed by atoms with van der Waals surface area (Å²) in [5.41, 5.74) is 5.12. The highest BCUT2D eigenvalue weighted by Crippen LogP contribution is 2.06. The van der Waals surface area contributed by atoms with Crippen molar-refractivity contribution in [2.45, 2.75) is 25.7 Å². The highest BCUT2D eigenvalue weighted by molar-refractivity contribution is 5.85. The molecule has 0 heterocycles. The molecule has 0 saturated heterocycles. The highest BCUT2D eigenvalue weighted by Gasteiger charge is 2.22. The monoisotopic (exact) mass is 404 g/mol. The number of ether oxygens (including phenoxy) is 1. The molecule has 0 aromatic heterocycles. The maximum atomic E-state index is 12.6. The summed E-state index contributed by atoms with van der Waals surface area (Å²) in [5, 5.41) is 2.63. The smallest absolute Gasteiger partial charge is 0.408 e. The summed E-state index contributed by atoms with van der Waals surface area (Å²) in [4.78, 5) is 30.2. The Morgan fingerprint density at radius 1 is 0.700 bits per heavy atom. The molecule has 30 heavy (non-hydrogen) atoms. The minimum Gasteiger partial charge on any atom is -0.445 e. The van der Waals surface area contributed by atoms with Crippen LogP contribution in [0.15, 0.2) is 91.0 Å². The number of hydrogen-bond donors (Lipinski definition) is 2. The van der Waals surface area contributed by atoms with E-state index >= 15 is 0 Å². The molecular formula is C24H24N2O4. The van der Waals surface area contributed by atoms with Gasteiger partial charge in [0.25, 0.3) is 5.91 Å². The van der Waals surface area contributed by atoms with Gasteiger partial charge in [0.2, 0.25) is 0 Å². The quantitative estimate of drug-likeness (QED) is 0.532. The Morgan fingerprint density at radius 2 is 1.20 bits per heavy atom. The fourth-order valence-corrected chi connectivity index (χ4v) is 2.80. The molecule has 0 bridgehead atoms. The Bertz CT molecular complexity index is 918. The normalized spacial score (nSPS) is 11.3. The van der Waals surface area contributed by atoms with Gasteiger partial charge in [-0.1, -0.05) is 91.0 Å². The second kappa shape index (κ2) is 11.4. The van der Waals surface area contributed by atoms with Crippen molar-refractivity contribution in [1.29, 1.82) is 0 Å². The van der Waals surface area contributed by atoms with E-state index in [9.17, 15) is 9.59 Å². The van der Waals surface area contributed by atoms with Gasteiger partial charge < -0.3 is 10.1 Å². The molecule has 1 atom stereocenters. The molecule has 0 saturated carbocycles. The standard InChI is InChI=1S/C24H24N2O4/c27-23(26-30-18-21-14-8-3-9-15-21)22(16-19-10-4-1-5-11-19)25-24(28)29-17-20-12-6-2-7-13-20/h1-15,22H,16-18H2,(H,25,28)(H,26,27). The lowest BCUT2D eigenvalue weighted by Gasteiger charge is -2.18. The molecule has 0 aliphatic rings. The second-order valence-electron chi connectivity index (χ2n) is 6.69. The molecule has 6 heteroatoms. The van der Waals surface area contributed by atoms with E-state index in [0.717, 1.165) is 16.7 Å². The van der Waals surface area contributed by atoms with E-state index in [4.69, 9.17) is 9.57 Å². The average Bonchev–Trinajstić information content (AvgIpc) is 2.79. The Balaban J connectivity index is 1.56. The van der Waals surface area contributed by atoms with E-state index < -0.39 is 18.0 Å². The van der Waals surface area contributed by atoms with Crippen molar-refractivity contribution < 1.29 is 19.2 Å². The SMILES string of the molecule is O=C(NC(Cc1ccccc1)C(=O)NOCc1ccccc1)OCc1ccccc1. The number of alkyl carbamates (subject to hydrolysis) is 1. The molecule has 0 fully saturated rings. The average molecular weight is 404 g/mol. The minimum atomic E-state index is -0.841. The number of hydrogen-bond acceptors (Lipinski definition) is 4. The van der Waals surface area contributed by atoms with Gasteiger partial charge in [-0.25, -0.2) is 10.3 Å². The summed E-state index contributed by atoms with van der Waals surface area (Å²) in [5.74, 6) is -0.452. The van der Waals surface area contributed by atoms with Gasteiger partial charge in [-0.15, -0.1) is 0 Å². The van der Waals surface area contributed by atoms with Crippen molar-refractivity contribution in [2.75, 3.05) is 0 Å². The predicted octanol–water partition coefficient (Wildman–Crippen LogP) is 3.77. The van der Waals surface area contributed by atoms with Crippen molar-refractivity contribution in [3.8, 4) is 0 Å². The first-order valence-corrected chi connectivity index (χ1v) is 9.67. The minimum absolute atomic E-state index is 0.122. The van der Waals surface area contributed by atoms with Crippen molar-refractivity contribution in [1.82, 2.24) is 10.8 Å². The van der Waals surface area contributed by atoms with Crippen molar-refractivity contribution >= 4 is 12.0 Å². The zero-order valence-corrected chi connectivity index (χ0v) is 16.5. The lowest BCUT2D eigenvalue weighted by Crippen LogP contribution is -2.48. The number of amides is 2. The molecule has 0 spiro atoms. The second-order valence-corrected chi connectivity index (χ2v) is 6.69. The molecular weight excluding hydrogens is 380 g/mol. The summed E-state index contributed by atoms with van der Waals surface area (Å²) >= 11 is 0. The van der Waals surface area contributed by atoms with Gasteiger partial charge in [0.1, 0.15) is 12.6 Å². The molecule has 3 aromatic carbocycles. The van der Waals surface area contributed by atoms with E-state index in [1.54, 1.807) is 0 Å². The topological polar surface area (TPSA) is 76.7 Å². The van der Waals surface area contributed by atoms with Crippen LogP contribution in [0.3, 0.4) is 0 Å².